The number of aromatic nitrogens is 7. The number of rotatable bonds is 3. The van der Waals surface area contributed by atoms with Gasteiger partial charge in [-0.15, -0.1) is 10.2 Å². The molecule has 0 saturated carbocycles. The summed E-state index contributed by atoms with van der Waals surface area (Å²) in [5, 5.41) is 19.7. The van der Waals surface area contributed by atoms with Crippen molar-refractivity contribution in [2.75, 3.05) is 0 Å². The number of nitrogens with zero attached hydrogens (tertiary/aromatic N) is 7. The average molecular weight is 241 g/mol. The lowest BCUT2D eigenvalue weighted by Gasteiger charge is -2.00. The van der Waals surface area contributed by atoms with Crippen molar-refractivity contribution >= 4 is 0 Å². The van der Waals surface area contributed by atoms with Crippen LogP contribution in [-0.4, -0.2) is 35.2 Å². The zero-order chi connectivity index (χ0) is 12.4. The second-order valence-electron chi connectivity index (χ2n) is 3.71. The molecule has 18 heavy (non-hydrogen) atoms. The molecule has 0 aliphatic rings. The van der Waals surface area contributed by atoms with E-state index in [2.05, 4.69) is 25.8 Å². The van der Waals surface area contributed by atoms with Gasteiger partial charge in [0, 0.05) is 6.54 Å². The summed E-state index contributed by atoms with van der Waals surface area (Å²) >= 11 is 0. The van der Waals surface area contributed by atoms with Crippen molar-refractivity contribution in [1.82, 2.24) is 35.2 Å². The number of tetrazole rings is 1. The molecule has 0 aliphatic heterocycles. The molecule has 7 heteroatoms. The molecular weight excluding hydrogens is 230 g/mol. The normalized spacial score (nSPS) is 10.7. The third-order valence-corrected chi connectivity index (χ3v) is 2.56. The largest absolute Gasteiger partial charge is 0.252 e. The molecule has 0 radical (unpaired) electrons. The first-order chi connectivity index (χ1) is 8.88. The molecule has 3 rings (SSSR count). The molecule has 0 amide bonds. The highest BCUT2D eigenvalue weighted by molar-refractivity contribution is 5.50. The Morgan fingerprint density at radius 2 is 1.89 bits per heavy atom. The van der Waals surface area contributed by atoms with Gasteiger partial charge in [0.2, 0.25) is 5.82 Å². The van der Waals surface area contributed by atoms with E-state index in [1.807, 2.05) is 43.5 Å². The summed E-state index contributed by atoms with van der Waals surface area (Å²) < 4.78 is 3.38. The lowest BCUT2D eigenvalue weighted by atomic mass is 10.3. The molecule has 7 nitrogen and oxygen atoms in total. The van der Waals surface area contributed by atoms with Crippen molar-refractivity contribution in [3.05, 3.63) is 36.5 Å². The fourth-order valence-electron chi connectivity index (χ4n) is 1.65. The van der Waals surface area contributed by atoms with Crippen molar-refractivity contribution in [2.45, 2.75) is 13.5 Å². The van der Waals surface area contributed by atoms with Crippen LogP contribution >= 0.6 is 0 Å². The molecule has 0 atom stereocenters. The molecule has 90 valence electrons. The van der Waals surface area contributed by atoms with Gasteiger partial charge in [-0.05, 0) is 29.5 Å². The molecule has 2 aromatic heterocycles. The van der Waals surface area contributed by atoms with Crippen molar-refractivity contribution in [2.24, 2.45) is 0 Å². The van der Waals surface area contributed by atoms with E-state index in [-0.39, 0.29) is 0 Å². The van der Waals surface area contributed by atoms with Crippen molar-refractivity contribution in [1.29, 1.82) is 0 Å². The molecule has 0 spiro atoms. The third kappa shape index (κ3) is 1.75. The van der Waals surface area contributed by atoms with Gasteiger partial charge in [-0.25, -0.2) is 0 Å². The molecule has 0 fully saturated rings. The van der Waals surface area contributed by atoms with Crippen LogP contribution in [0, 0.1) is 0 Å². The molecule has 0 unspecified atom stereocenters. The zero-order valence-corrected chi connectivity index (χ0v) is 9.80. The van der Waals surface area contributed by atoms with Gasteiger partial charge in [-0.1, -0.05) is 23.4 Å². The van der Waals surface area contributed by atoms with Crippen LogP contribution in [0.15, 0.2) is 36.5 Å². The lowest BCUT2D eigenvalue weighted by molar-refractivity contribution is 0.627. The molecule has 0 bridgehead atoms. The average Bonchev–Trinajstić information content (AvgIpc) is 3.08. The van der Waals surface area contributed by atoms with Crippen LogP contribution in [-0.2, 0) is 6.54 Å². The summed E-state index contributed by atoms with van der Waals surface area (Å²) in [5.41, 5.74) is 1.55. The molecule has 2 heterocycles. The fourth-order valence-corrected chi connectivity index (χ4v) is 1.65. The van der Waals surface area contributed by atoms with Crippen LogP contribution in [0.3, 0.4) is 0 Å². The summed E-state index contributed by atoms with van der Waals surface area (Å²) in [5.74, 6) is 0.584. The van der Waals surface area contributed by atoms with E-state index in [0.717, 1.165) is 12.2 Å². The highest BCUT2D eigenvalue weighted by Gasteiger charge is 2.13. The van der Waals surface area contributed by atoms with Crippen molar-refractivity contribution in [3.63, 3.8) is 0 Å². The van der Waals surface area contributed by atoms with Crippen LogP contribution in [0.1, 0.15) is 6.92 Å². The molecule has 3 aromatic rings. The van der Waals surface area contributed by atoms with E-state index in [9.17, 15) is 0 Å². The summed E-state index contributed by atoms with van der Waals surface area (Å²) in [4.78, 5) is 0. The Labute approximate surface area is 103 Å². The monoisotopic (exact) mass is 241 g/mol. The number of para-hydroxylation sites is 1. The van der Waals surface area contributed by atoms with Gasteiger partial charge in [0.25, 0.3) is 0 Å². The smallest absolute Gasteiger partial charge is 0.209 e. The Hall–Kier alpha value is -2.57. The van der Waals surface area contributed by atoms with Crippen LogP contribution in [0.5, 0.6) is 0 Å². The van der Waals surface area contributed by atoms with Gasteiger partial charge in [-0.3, -0.25) is 4.68 Å². The number of benzene rings is 1. The molecule has 1 aromatic carbocycles. The standard InChI is InChI=1S/C11H11N7/c1-2-17-8-10(12-15-17)11-13-14-16-18(11)9-6-4-3-5-7-9/h3-8H,2H2,1H3. The summed E-state index contributed by atoms with van der Waals surface area (Å²) in [6.45, 7) is 2.76. The first-order valence-corrected chi connectivity index (χ1v) is 5.63. The van der Waals surface area contributed by atoms with E-state index in [4.69, 9.17) is 0 Å². The number of aryl methyl sites for hydroxylation is 1. The Morgan fingerprint density at radius 3 is 2.61 bits per heavy atom. The molecular formula is C11H11N7. The Balaban J connectivity index is 2.07. The topological polar surface area (TPSA) is 74.3 Å². The quantitative estimate of drug-likeness (QED) is 0.682. The first kappa shape index (κ1) is 10.6. The minimum atomic E-state index is 0.584. The van der Waals surface area contributed by atoms with E-state index in [1.54, 1.807) is 9.36 Å². The van der Waals surface area contributed by atoms with Crippen LogP contribution in [0.2, 0.25) is 0 Å². The molecule has 0 aliphatic carbocycles. The summed E-state index contributed by atoms with van der Waals surface area (Å²) in [7, 11) is 0. The van der Waals surface area contributed by atoms with Crippen LogP contribution in [0.25, 0.3) is 17.2 Å². The van der Waals surface area contributed by atoms with E-state index in [1.165, 1.54) is 0 Å². The highest BCUT2D eigenvalue weighted by Crippen LogP contribution is 2.16. The third-order valence-electron chi connectivity index (χ3n) is 2.56. The predicted molar refractivity (Wildman–Crippen MR) is 63.8 cm³/mol. The number of hydrogen-bond acceptors (Lipinski definition) is 5. The van der Waals surface area contributed by atoms with Crippen LogP contribution in [0.4, 0.5) is 0 Å². The molecule has 0 N–H and O–H groups in total. The summed E-state index contributed by atoms with van der Waals surface area (Å²) in [6, 6.07) is 9.68. The Morgan fingerprint density at radius 1 is 1.06 bits per heavy atom. The lowest BCUT2D eigenvalue weighted by Crippen LogP contribution is -1.99. The predicted octanol–water partition coefficient (Wildman–Crippen LogP) is 0.941. The minimum absolute atomic E-state index is 0.584. The van der Waals surface area contributed by atoms with Crippen molar-refractivity contribution < 1.29 is 0 Å². The van der Waals surface area contributed by atoms with E-state index >= 15 is 0 Å². The van der Waals surface area contributed by atoms with Gasteiger partial charge < -0.3 is 0 Å². The summed E-state index contributed by atoms with van der Waals surface area (Å²) in [6.07, 6.45) is 1.82. The Bertz CT molecular complexity index is 640. The number of hydrogen-bond donors (Lipinski definition) is 0. The van der Waals surface area contributed by atoms with Crippen molar-refractivity contribution in [3.8, 4) is 17.2 Å². The maximum atomic E-state index is 4.07. The van der Waals surface area contributed by atoms with Gasteiger partial charge in [-0.2, -0.15) is 4.68 Å². The fraction of sp³-hybridized carbons (Fsp3) is 0.182. The maximum absolute atomic E-state index is 4.07. The maximum Gasteiger partial charge on any atom is 0.209 e. The van der Waals surface area contributed by atoms with Gasteiger partial charge in [0.05, 0.1) is 11.9 Å². The van der Waals surface area contributed by atoms with E-state index in [0.29, 0.717) is 11.5 Å². The molecule has 0 saturated heterocycles. The van der Waals surface area contributed by atoms with Crippen LogP contribution < -0.4 is 0 Å². The second kappa shape index (κ2) is 4.36. The second-order valence-corrected chi connectivity index (χ2v) is 3.71. The van der Waals surface area contributed by atoms with Gasteiger partial charge >= 0.3 is 0 Å². The highest BCUT2D eigenvalue weighted by atomic mass is 15.6. The minimum Gasteiger partial charge on any atom is -0.252 e. The first-order valence-electron chi connectivity index (χ1n) is 5.63. The van der Waals surface area contributed by atoms with Gasteiger partial charge in [0.15, 0.2) is 5.69 Å². The van der Waals surface area contributed by atoms with E-state index < -0.39 is 0 Å². The zero-order valence-electron chi connectivity index (χ0n) is 9.80. The van der Waals surface area contributed by atoms with Gasteiger partial charge in [0.1, 0.15) is 0 Å². The Kier molecular flexibility index (Phi) is 2.56. The SMILES string of the molecule is CCn1cc(-c2nnnn2-c2ccccc2)nn1.